The standard InChI is InChI=1S/C15H17NO/c1-13(12-17)16(14-8-4-2-5-9-14)15-10-6-3-7-11-15/h2-11,13,17H,12H2,1H3/t13-/m1/s1. The minimum atomic E-state index is 0.0554. The van der Waals surface area contributed by atoms with Crippen molar-refractivity contribution in [2.45, 2.75) is 13.0 Å². The predicted molar refractivity (Wildman–Crippen MR) is 71.6 cm³/mol. The van der Waals surface area contributed by atoms with E-state index in [1.165, 1.54) is 0 Å². The van der Waals surface area contributed by atoms with Crippen LogP contribution in [0.15, 0.2) is 60.7 Å². The Hall–Kier alpha value is -1.80. The van der Waals surface area contributed by atoms with Gasteiger partial charge in [0, 0.05) is 11.4 Å². The van der Waals surface area contributed by atoms with Crippen LogP contribution < -0.4 is 4.90 Å². The van der Waals surface area contributed by atoms with Crippen LogP contribution in [0.3, 0.4) is 0 Å². The zero-order valence-electron chi connectivity index (χ0n) is 9.95. The maximum atomic E-state index is 9.39. The highest BCUT2D eigenvalue weighted by molar-refractivity contribution is 5.63. The Morgan fingerprint density at radius 2 is 1.29 bits per heavy atom. The summed E-state index contributed by atoms with van der Waals surface area (Å²) in [5.41, 5.74) is 2.19. The molecule has 88 valence electrons. The van der Waals surface area contributed by atoms with Crippen molar-refractivity contribution < 1.29 is 5.11 Å². The summed E-state index contributed by atoms with van der Waals surface area (Å²) < 4.78 is 0. The van der Waals surface area contributed by atoms with E-state index in [2.05, 4.69) is 29.2 Å². The minimum absolute atomic E-state index is 0.0554. The lowest BCUT2D eigenvalue weighted by molar-refractivity contribution is 0.273. The van der Waals surface area contributed by atoms with Gasteiger partial charge in [-0.25, -0.2) is 0 Å². The Morgan fingerprint density at radius 3 is 1.65 bits per heavy atom. The van der Waals surface area contributed by atoms with E-state index in [1.807, 2.05) is 43.3 Å². The third-order valence-corrected chi connectivity index (χ3v) is 2.77. The Morgan fingerprint density at radius 1 is 0.882 bits per heavy atom. The molecule has 0 unspecified atom stereocenters. The number of aliphatic hydroxyl groups excluding tert-OH is 1. The summed E-state index contributed by atoms with van der Waals surface area (Å²) in [7, 11) is 0. The molecule has 1 atom stereocenters. The van der Waals surface area contributed by atoms with Crippen molar-refractivity contribution in [3.05, 3.63) is 60.7 Å². The predicted octanol–water partition coefficient (Wildman–Crippen LogP) is 3.21. The van der Waals surface area contributed by atoms with E-state index < -0.39 is 0 Å². The summed E-state index contributed by atoms with van der Waals surface area (Å²) in [6.07, 6.45) is 0. The number of nitrogens with zero attached hydrogens (tertiary/aromatic N) is 1. The molecule has 2 heteroatoms. The first-order valence-corrected chi connectivity index (χ1v) is 5.83. The summed E-state index contributed by atoms with van der Waals surface area (Å²) in [6, 6.07) is 20.3. The Labute approximate surface area is 102 Å². The van der Waals surface area contributed by atoms with Gasteiger partial charge in [0.25, 0.3) is 0 Å². The fraction of sp³-hybridized carbons (Fsp3) is 0.200. The molecule has 0 bridgehead atoms. The third kappa shape index (κ3) is 2.66. The van der Waals surface area contributed by atoms with E-state index in [0.29, 0.717) is 0 Å². The van der Waals surface area contributed by atoms with Crippen LogP contribution >= 0.6 is 0 Å². The lowest BCUT2D eigenvalue weighted by Gasteiger charge is -2.30. The molecular weight excluding hydrogens is 210 g/mol. The van der Waals surface area contributed by atoms with Crippen molar-refractivity contribution in [1.29, 1.82) is 0 Å². The smallest absolute Gasteiger partial charge is 0.0636 e. The molecule has 0 amide bonds. The van der Waals surface area contributed by atoms with Crippen LogP contribution in [0.4, 0.5) is 11.4 Å². The molecule has 0 radical (unpaired) electrons. The molecule has 0 aliphatic heterocycles. The van der Waals surface area contributed by atoms with Crippen LogP contribution in [0.25, 0.3) is 0 Å². The van der Waals surface area contributed by atoms with Gasteiger partial charge >= 0.3 is 0 Å². The SMILES string of the molecule is C[C@H](CO)N(c1ccccc1)c1ccccc1. The monoisotopic (exact) mass is 227 g/mol. The normalized spacial score (nSPS) is 12.1. The van der Waals surface area contributed by atoms with Crippen molar-refractivity contribution in [2.24, 2.45) is 0 Å². The van der Waals surface area contributed by atoms with Gasteiger partial charge in [0.2, 0.25) is 0 Å². The molecule has 0 aromatic heterocycles. The minimum Gasteiger partial charge on any atom is -0.394 e. The second kappa shape index (κ2) is 5.51. The Bertz CT molecular complexity index is 401. The van der Waals surface area contributed by atoms with Gasteiger partial charge in [0.05, 0.1) is 12.6 Å². The molecule has 0 saturated heterocycles. The van der Waals surface area contributed by atoms with Crippen LogP contribution in [0, 0.1) is 0 Å². The molecule has 2 aromatic rings. The summed E-state index contributed by atoms with van der Waals surface area (Å²) in [4.78, 5) is 2.14. The largest absolute Gasteiger partial charge is 0.394 e. The molecule has 1 N–H and O–H groups in total. The van der Waals surface area contributed by atoms with E-state index in [9.17, 15) is 5.11 Å². The summed E-state index contributed by atoms with van der Waals surface area (Å²) in [5, 5.41) is 9.39. The molecule has 0 aliphatic carbocycles. The molecular formula is C15H17NO. The summed E-state index contributed by atoms with van der Waals surface area (Å²) in [5.74, 6) is 0. The van der Waals surface area contributed by atoms with Gasteiger partial charge in [-0.3, -0.25) is 0 Å². The number of hydrogen-bond donors (Lipinski definition) is 1. The number of benzene rings is 2. The molecule has 0 spiro atoms. The zero-order valence-corrected chi connectivity index (χ0v) is 9.95. The van der Waals surface area contributed by atoms with Crippen molar-refractivity contribution in [1.82, 2.24) is 0 Å². The summed E-state index contributed by atoms with van der Waals surface area (Å²) >= 11 is 0. The second-order valence-electron chi connectivity index (χ2n) is 4.07. The van der Waals surface area contributed by atoms with Gasteiger partial charge in [-0.1, -0.05) is 36.4 Å². The Balaban J connectivity index is 2.39. The maximum Gasteiger partial charge on any atom is 0.0636 e. The molecule has 0 fully saturated rings. The molecule has 0 saturated carbocycles. The van der Waals surface area contributed by atoms with E-state index >= 15 is 0 Å². The first kappa shape index (κ1) is 11.7. The quantitative estimate of drug-likeness (QED) is 0.867. The fourth-order valence-electron chi connectivity index (χ4n) is 1.92. The van der Waals surface area contributed by atoms with Crippen LogP contribution in [-0.4, -0.2) is 17.8 Å². The van der Waals surface area contributed by atoms with Gasteiger partial charge in [0.15, 0.2) is 0 Å². The highest BCUT2D eigenvalue weighted by Crippen LogP contribution is 2.27. The van der Waals surface area contributed by atoms with Crippen molar-refractivity contribution >= 4 is 11.4 Å². The molecule has 17 heavy (non-hydrogen) atoms. The first-order valence-electron chi connectivity index (χ1n) is 5.83. The number of hydrogen-bond acceptors (Lipinski definition) is 2. The molecule has 0 aliphatic rings. The van der Waals surface area contributed by atoms with E-state index in [0.717, 1.165) is 11.4 Å². The van der Waals surface area contributed by atoms with E-state index in [-0.39, 0.29) is 12.6 Å². The highest BCUT2D eigenvalue weighted by Gasteiger charge is 2.14. The van der Waals surface area contributed by atoms with E-state index in [4.69, 9.17) is 0 Å². The lowest BCUT2D eigenvalue weighted by Crippen LogP contribution is -2.31. The molecule has 2 nitrogen and oxygen atoms in total. The summed E-state index contributed by atoms with van der Waals surface area (Å²) in [6.45, 7) is 2.14. The highest BCUT2D eigenvalue weighted by atomic mass is 16.3. The number of para-hydroxylation sites is 2. The number of anilines is 2. The van der Waals surface area contributed by atoms with Gasteiger partial charge in [0.1, 0.15) is 0 Å². The van der Waals surface area contributed by atoms with Crippen molar-refractivity contribution in [3.8, 4) is 0 Å². The van der Waals surface area contributed by atoms with Crippen molar-refractivity contribution in [2.75, 3.05) is 11.5 Å². The third-order valence-electron chi connectivity index (χ3n) is 2.77. The number of aliphatic hydroxyl groups is 1. The van der Waals surface area contributed by atoms with Gasteiger partial charge < -0.3 is 10.0 Å². The lowest BCUT2D eigenvalue weighted by atomic mass is 10.2. The molecule has 0 heterocycles. The maximum absolute atomic E-state index is 9.39. The van der Waals surface area contributed by atoms with Gasteiger partial charge in [-0.2, -0.15) is 0 Å². The van der Waals surface area contributed by atoms with Gasteiger partial charge in [-0.05, 0) is 31.2 Å². The second-order valence-corrected chi connectivity index (χ2v) is 4.07. The van der Waals surface area contributed by atoms with Crippen LogP contribution in [0.5, 0.6) is 0 Å². The van der Waals surface area contributed by atoms with Crippen LogP contribution in [0.1, 0.15) is 6.92 Å². The number of rotatable bonds is 4. The molecule has 2 aromatic carbocycles. The first-order chi connectivity index (χ1) is 8.33. The fourth-order valence-corrected chi connectivity index (χ4v) is 1.92. The zero-order chi connectivity index (χ0) is 12.1. The topological polar surface area (TPSA) is 23.5 Å². The Kier molecular flexibility index (Phi) is 3.78. The van der Waals surface area contributed by atoms with Crippen LogP contribution in [-0.2, 0) is 0 Å². The van der Waals surface area contributed by atoms with Gasteiger partial charge in [-0.15, -0.1) is 0 Å². The average molecular weight is 227 g/mol. The van der Waals surface area contributed by atoms with Crippen LogP contribution in [0.2, 0.25) is 0 Å². The molecule has 2 rings (SSSR count). The van der Waals surface area contributed by atoms with E-state index in [1.54, 1.807) is 0 Å². The van der Waals surface area contributed by atoms with Crippen molar-refractivity contribution in [3.63, 3.8) is 0 Å². The average Bonchev–Trinajstić information content (AvgIpc) is 2.41.